The van der Waals surface area contributed by atoms with Crippen LogP contribution in [-0.2, 0) is 11.2 Å². The SMILES string of the molecule is C[C@]12CC[C@@H]3c4ccc(OCCN)cc4CC[C@H]3[C@@H]1CCC2=O. The lowest BCUT2D eigenvalue weighted by molar-refractivity contribution is -0.129. The zero-order valence-electron chi connectivity index (χ0n) is 14.0. The summed E-state index contributed by atoms with van der Waals surface area (Å²) in [6.45, 7) is 3.37. The number of carbonyl (C=O) groups is 1. The van der Waals surface area contributed by atoms with Crippen molar-refractivity contribution in [1.29, 1.82) is 0 Å². The number of nitrogens with two attached hydrogens (primary N) is 1. The number of hydrogen-bond acceptors (Lipinski definition) is 3. The van der Waals surface area contributed by atoms with E-state index in [4.69, 9.17) is 10.5 Å². The second kappa shape index (κ2) is 5.62. The van der Waals surface area contributed by atoms with Crippen molar-refractivity contribution in [3.05, 3.63) is 29.3 Å². The topological polar surface area (TPSA) is 52.3 Å². The van der Waals surface area contributed by atoms with Gasteiger partial charge in [0.1, 0.15) is 18.1 Å². The third-order valence-corrected chi connectivity index (χ3v) is 6.79. The Morgan fingerprint density at radius 2 is 2.13 bits per heavy atom. The van der Waals surface area contributed by atoms with Crippen molar-refractivity contribution >= 4 is 5.78 Å². The van der Waals surface area contributed by atoms with Crippen molar-refractivity contribution in [2.75, 3.05) is 13.2 Å². The monoisotopic (exact) mass is 313 g/mol. The number of aryl methyl sites for hydroxylation is 1. The maximum absolute atomic E-state index is 12.4. The molecule has 0 radical (unpaired) electrons. The van der Waals surface area contributed by atoms with Gasteiger partial charge in [0.25, 0.3) is 0 Å². The van der Waals surface area contributed by atoms with Gasteiger partial charge in [-0.2, -0.15) is 0 Å². The Labute approximate surface area is 138 Å². The van der Waals surface area contributed by atoms with Crippen LogP contribution >= 0.6 is 0 Å². The van der Waals surface area contributed by atoms with Gasteiger partial charge in [-0.3, -0.25) is 4.79 Å². The van der Waals surface area contributed by atoms with Crippen LogP contribution in [0.5, 0.6) is 5.75 Å². The van der Waals surface area contributed by atoms with Crippen LogP contribution in [0.2, 0.25) is 0 Å². The fraction of sp³-hybridized carbons (Fsp3) is 0.650. The molecule has 1 aromatic carbocycles. The van der Waals surface area contributed by atoms with E-state index in [1.54, 1.807) is 0 Å². The summed E-state index contributed by atoms with van der Waals surface area (Å²) >= 11 is 0. The minimum absolute atomic E-state index is 0.0250. The number of ether oxygens (including phenoxy) is 1. The van der Waals surface area contributed by atoms with E-state index >= 15 is 0 Å². The molecule has 2 saturated carbocycles. The van der Waals surface area contributed by atoms with E-state index in [1.807, 2.05) is 0 Å². The van der Waals surface area contributed by atoms with Gasteiger partial charge in [0.2, 0.25) is 0 Å². The summed E-state index contributed by atoms with van der Waals surface area (Å²) in [5.74, 6) is 3.42. The Bertz CT molecular complexity index is 626. The quantitative estimate of drug-likeness (QED) is 0.930. The van der Waals surface area contributed by atoms with Crippen LogP contribution in [-0.4, -0.2) is 18.9 Å². The number of hydrogen-bond donors (Lipinski definition) is 1. The smallest absolute Gasteiger partial charge is 0.139 e. The van der Waals surface area contributed by atoms with Gasteiger partial charge < -0.3 is 10.5 Å². The predicted octanol–water partition coefficient (Wildman–Crippen LogP) is 3.45. The highest BCUT2D eigenvalue weighted by atomic mass is 16.5. The van der Waals surface area contributed by atoms with Gasteiger partial charge in [-0.15, -0.1) is 0 Å². The highest BCUT2D eigenvalue weighted by Gasteiger charge is 2.54. The minimum Gasteiger partial charge on any atom is -0.492 e. The third kappa shape index (κ3) is 2.32. The molecule has 2 N–H and O–H groups in total. The number of fused-ring (bicyclic) bond motifs is 5. The highest BCUT2D eigenvalue weighted by molar-refractivity contribution is 5.87. The lowest BCUT2D eigenvalue weighted by Crippen LogP contribution is -2.42. The molecule has 4 rings (SSSR count). The molecule has 0 amide bonds. The van der Waals surface area contributed by atoms with E-state index < -0.39 is 0 Å². The van der Waals surface area contributed by atoms with Gasteiger partial charge >= 0.3 is 0 Å². The first-order chi connectivity index (χ1) is 11.1. The normalized spacial score (nSPS) is 35.4. The van der Waals surface area contributed by atoms with E-state index in [0.717, 1.165) is 31.4 Å². The van der Waals surface area contributed by atoms with Crippen molar-refractivity contribution in [1.82, 2.24) is 0 Å². The molecular formula is C20H27NO2. The van der Waals surface area contributed by atoms with E-state index in [0.29, 0.717) is 36.7 Å². The fourth-order valence-corrected chi connectivity index (χ4v) is 5.60. The van der Waals surface area contributed by atoms with Gasteiger partial charge in [0, 0.05) is 18.4 Å². The number of carbonyl (C=O) groups excluding carboxylic acids is 1. The molecule has 124 valence electrons. The van der Waals surface area contributed by atoms with Crippen LogP contribution < -0.4 is 10.5 Å². The number of ketones is 1. The van der Waals surface area contributed by atoms with Crippen LogP contribution in [0, 0.1) is 17.3 Å². The number of rotatable bonds is 3. The lowest BCUT2D eigenvalue weighted by atomic mass is 9.55. The molecule has 3 heteroatoms. The molecule has 4 atom stereocenters. The van der Waals surface area contributed by atoms with Gasteiger partial charge in [0.05, 0.1) is 0 Å². The van der Waals surface area contributed by atoms with Gasteiger partial charge in [-0.1, -0.05) is 13.0 Å². The molecule has 0 heterocycles. The van der Waals surface area contributed by atoms with E-state index in [9.17, 15) is 4.79 Å². The van der Waals surface area contributed by atoms with Crippen molar-refractivity contribution in [2.24, 2.45) is 23.0 Å². The molecule has 3 nitrogen and oxygen atoms in total. The zero-order chi connectivity index (χ0) is 16.0. The van der Waals surface area contributed by atoms with Crippen LogP contribution in [0.3, 0.4) is 0 Å². The van der Waals surface area contributed by atoms with E-state index in [2.05, 4.69) is 25.1 Å². The standard InChI is InChI=1S/C20H27NO2/c1-20-9-8-16-15-5-3-14(23-11-10-21)12-13(15)2-4-17(16)18(20)6-7-19(20)22/h3,5,12,16-18H,2,4,6-11,21H2,1H3/t16-,17-,18+,20+/m1/s1. The number of benzene rings is 1. The molecular weight excluding hydrogens is 286 g/mol. The molecule has 0 aliphatic heterocycles. The highest BCUT2D eigenvalue weighted by Crippen LogP contribution is 2.59. The first-order valence-corrected chi connectivity index (χ1v) is 9.12. The summed E-state index contributed by atoms with van der Waals surface area (Å²) in [5.41, 5.74) is 8.47. The summed E-state index contributed by atoms with van der Waals surface area (Å²) < 4.78 is 5.69. The van der Waals surface area contributed by atoms with Crippen molar-refractivity contribution < 1.29 is 9.53 Å². The van der Waals surface area contributed by atoms with E-state index in [-0.39, 0.29) is 5.41 Å². The average molecular weight is 313 g/mol. The molecule has 23 heavy (non-hydrogen) atoms. The summed E-state index contributed by atoms with van der Waals surface area (Å²) in [4.78, 5) is 12.4. The first-order valence-electron chi connectivity index (χ1n) is 9.12. The summed E-state index contributed by atoms with van der Waals surface area (Å²) in [6, 6.07) is 6.59. The van der Waals surface area contributed by atoms with E-state index in [1.165, 1.54) is 24.0 Å². The van der Waals surface area contributed by atoms with Crippen LogP contribution in [0.1, 0.15) is 56.1 Å². The molecule has 3 aliphatic rings. The molecule has 3 aliphatic carbocycles. The molecule has 0 bridgehead atoms. The summed E-state index contributed by atoms with van der Waals surface area (Å²) in [6.07, 6.45) is 6.51. The zero-order valence-corrected chi connectivity index (χ0v) is 14.0. The number of Topliss-reactive ketones (excluding diaryl/α,β-unsaturated/α-hetero) is 1. The summed E-state index contributed by atoms with van der Waals surface area (Å²) in [7, 11) is 0. The third-order valence-electron chi connectivity index (χ3n) is 6.79. The van der Waals surface area contributed by atoms with Crippen LogP contribution in [0.25, 0.3) is 0 Å². The molecule has 0 unspecified atom stereocenters. The summed E-state index contributed by atoms with van der Waals surface area (Å²) in [5, 5.41) is 0. The molecule has 1 aromatic rings. The molecule has 0 aromatic heterocycles. The van der Waals surface area contributed by atoms with Gasteiger partial charge in [0.15, 0.2) is 0 Å². The van der Waals surface area contributed by atoms with Gasteiger partial charge in [-0.05, 0) is 73.1 Å². The van der Waals surface area contributed by atoms with Crippen molar-refractivity contribution in [3.8, 4) is 5.75 Å². The predicted molar refractivity (Wildman–Crippen MR) is 90.6 cm³/mol. The first kappa shape index (κ1) is 15.2. The molecule has 0 saturated heterocycles. The lowest BCUT2D eigenvalue weighted by Gasteiger charge is -2.48. The largest absolute Gasteiger partial charge is 0.492 e. The molecule has 0 spiro atoms. The second-order valence-corrected chi connectivity index (χ2v) is 7.83. The maximum atomic E-state index is 12.4. The Kier molecular flexibility index (Phi) is 3.72. The fourth-order valence-electron chi connectivity index (χ4n) is 5.60. The second-order valence-electron chi connectivity index (χ2n) is 7.83. The Morgan fingerprint density at radius 1 is 1.26 bits per heavy atom. The molecule has 2 fully saturated rings. The van der Waals surface area contributed by atoms with Crippen LogP contribution in [0.15, 0.2) is 18.2 Å². The Balaban J connectivity index is 1.61. The van der Waals surface area contributed by atoms with Crippen molar-refractivity contribution in [3.63, 3.8) is 0 Å². The van der Waals surface area contributed by atoms with Gasteiger partial charge in [-0.25, -0.2) is 0 Å². The Morgan fingerprint density at radius 3 is 2.96 bits per heavy atom. The minimum atomic E-state index is -0.0250. The maximum Gasteiger partial charge on any atom is 0.139 e. The van der Waals surface area contributed by atoms with Crippen LogP contribution in [0.4, 0.5) is 0 Å². The van der Waals surface area contributed by atoms with Crippen molar-refractivity contribution in [2.45, 2.75) is 51.4 Å². The Hall–Kier alpha value is -1.35. The average Bonchev–Trinajstić information content (AvgIpc) is 2.88.